The van der Waals surface area contributed by atoms with Crippen LogP contribution in [0.4, 0.5) is 0 Å². The van der Waals surface area contributed by atoms with E-state index in [2.05, 4.69) is 21.2 Å². The number of nitriles is 1. The van der Waals surface area contributed by atoms with E-state index in [1.165, 1.54) is 11.3 Å². The summed E-state index contributed by atoms with van der Waals surface area (Å²) in [5.41, 5.74) is 1.17. The van der Waals surface area contributed by atoms with Crippen LogP contribution in [0.25, 0.3) is 43.3 Å². The van der Waals surface area contributed by atoms with E-state index in [0.717, 1.165) is 20.1 Å². The highest BCUT2D eigenvalue weighted by atomic mass is 32.1. The Morgan fingerprint density at radius 3 is 2.82 bits per heavy atom. The number of allylic oxidation sites excluding steroid dienone is 1. The summed E-state index contributed by atoms with van der Waals surface area (Å²) in [6.45, 7) is 0. The van der Waals surface area contributed by atoms with E-state index < -0.39 is 0 Å². The van der Waals surface area contributed by atoms with Crippen molar-refractivity contribution in [2.24, 2.45) is 0 Å². The molecule has 0 spiro atoms. The molecular weight excluding hydrogens is 392 g/mol. The molecule has 0 aliphatic carbocycles. The van der Waals surface area contributed by atoms with Crippen LogP contribution >= 0.6 is 22.7 Å². The molecule has 0 saturated heterocycles. The Labute approximate surface area is 167 Å². The first-order valence-electron chi connectivity index (χ1n) is 8.26. The average molecular weight is 402 g/mol. The van der Waals surface area contributed by atoms with Gasteiger partial charge in [-0.05, 0) is 35.7 Å². The van der Waals surface area contributed by atoms with Crippen molar-refractivity contribution in [2.45, 2.75) is 0 Å². The van der Waals surface area contributed by atoms with Crippen molar-refractivity contribution in [1.29, 1.82) is 5.26 Å². The summed E-state index contributed by atoms with van der Waals surface area (Å²) in [6.07, 6.45) is 1.59. The quantitative estimate of drug-likeness (QED) is 0.357. The zero-order chi connectivity index (χ0) is 18.9. The molecule has 4 aromatic heterocycles. The van der Waals surface area contributed by atoms with E-state index >= 15 is 0 Å². The molecule has 5 rings (SSSR count). The van der Waals surface area contributed by atoms with Crippen LogP contribution in [0.3, 0.4) is 0 Å². The molecule has 0 aliphatic heterocycles. The first-order chi connectivity index (χ1) is 13.8. The number of hydrogen-bond acceptors (Lipinski definition) is 8. The Balaban J connectivity index is 1.46. The van der Waals surface area contributed by atoms with Gasteiger partial charge < -0.3 is 8.94 Å². The largest absolute Gasteiger partial charge is 0.454 e. The van der Waals surface area contributed by atoms with Crippen LogP contribution < -0.4 is 0 Å². The zero-order valence-electron chi connectivity index (χ0n) is 14.2. The highest BCUT2D eigenvalue weighted by molar-refractivity contribution is 7.21. The summed E-state index contributed by atoms with van der Waals surface area (Å²) < 4.78 is 12.2. The van der Waals surface area contributed by atoms with Crippen LogP contribution in [0.15, 0.2) is 62.9 Å². The van der Waals surface area contributed by atoms with Gasteiger partial charge in [0, 0.05) is 6.08 Å². The van der Waals surface area contributed by atoms with E-state index in [0.29, 0.717) is 17.3 Å². The maximum absolute atomic E-state index is 9.50. The van der Waals surface area contributed by atoms with Crippen LogP contribution in [0.5, 0.6) is 0 Å². The number of fused-ring (bicyclic) bond motifs is 1. The van der Waals surface area contributed by atoms with Gasteiger partial charge in [0.25, 0.3) is 5.89 Å². The predicted octanol–water partition coefficient (Wildman–Crippen LogP) is 5.73. The van der Waals surface area contributed by atoms with Crippen LogP contribution in [-0.4, -0.2) is 15.1 Å². The first-order valence-corrected chi connectivity index (χ1v) is 9.95. The van der Waals surface area contributed by atoms with Gasteiger partial charge in [-0.2, -0.15) is 10.2 Å². The van der Waals surface area contributed by atoms with E-state index in [-0.39, 0.29) is 11.5 Å². The molecule has 1 aromatic carbocycles. The topological polar surface area (TPSA) is 88.7 Å². The molecule has 0 saturated carbocycles. The van der Waals surface area contributed by atoms with Gasteiger partial charge in [0.15, 0.2) is 10.8 Å². The van der Waals surface area contributed by atoms with Gasteiger partial charge in [-0.1, -0.05) is 23.4 Å². The third kappa shape index (κ3) is 3.03. The molecule has 0 atom stereocenters. The van der Waals surface area contributed by atoms with Crippen LogP contribution in [0.2, 0.25) is 0 Å². The lowest BCUT2D eigenvalue weighted by molar-refractivity contribution is 0.409. The summed E-state index contributed by atoms with van der Waals surface area (Å²) >= 11 is 3.06. The fourth-order valence-electron chi connectivity index (χ4n) is 2.65. The van der Waals surface area contributed by atoms with Crippen molar-refractivity contribution in [3.63, 3.8) is 0 Å². The molecule has 0 fully saturated rings. The summed E-state index contributed by atoms with van der Waals surface area (Å²) in [4.78, 5) is 9.77. The third-order valence-corrected chi connectivity index (χ3v) is 5.85. The van der Waals surface area contributed by atoms with Gasteiger partial charge in [0.1, 0.15) is 17.4 Å². The summed E-state index contributed by atoms with van der Waals surface area (Å²) in [7, 11) is 0. The van der Waals surface area contributed by atoms with E-state index in [1.807, 2.05) is 47.8 Å². The number of thiophene rings is 1. The minimum atomic E-state index is 0.156. The van der Waals surface area contributed by atoms with E-state index in [1.54, 1.807) is 23.5 Å². The van der Waals surface area contributed by atoms with Gasteiger partial charge in [-0.3, -0.25) is 0 Å². The fourth-order valence-corrected chi connectivity index (χ4v) is 4.22. The second-order valence-corrected chi connectivity index (χ2v) is 7.74. The number of rotatable bonds is 4. The second kappa shape index (κ2) is 6.88. The smallest absolute Gasteiger partial charge is 0.269 e. The van der Waals surface area contributed by atoms with Gasteiger partial charge in [-0.25, -0.2) is 4.98 Å². The first kappa shape index (κ1) is 16.6. The predicted molar refractivity (Wildman–Crippen MR) is 108 cm³/mol. The summed E-state index contributed by atoms with van der Waals surface area (Å²) in [5.74, 6) is 1.78. The summed E-state index contributed by atoms with van der Waals surface area (Å²) in [6, 6.07) is 17.4. The van der Waals surface area contributed by atoms with Gasteiger partial charge in [0.05, 0.1) is 15.1 Å². The fraction of sp³-hybridized carbons (Fsp3) is 0. The normalized spacial score (nSPS) is 11.8. The monoisotopic (exact) mass is 402 g/mol. The van der Waals surface area contributed by atoms with Gasteiger partial charge in [0.2, 0.25) is 5.82 Å². The lowest BCUT2D eigenvalue weighted by atomic mass is 10.2. The number of thiazole rings is 1. The minimum Gasteiger partial charge on any atom is -0.454 e. The second-order valence-electron chi connectivity index (χ2n) is 5.76. The molecule has 0 unspecified atom stereocenters. The number of hydrogen-bond donors (Lipinski definition) is 0. The number of aromatic nitrogens is 3. The third-order valence-electron chi connectivity index (χ3n) is 3.94. The lowest BCUT2D eigenvalue weighted by Crippen LogP contribution is -1.82. The maximum Gasteiger partial charge on any atom is 0.269 e. The van der Waals surface area contributed by atoms with E-state index in [4.69, 9.17) is 8.94 Å². The molecule has 0 bridgehead atoms. The molecule has 0 aliphatic rings. The molecule has 5 aromatic rings. The minimum absolute atomic E-state index is 0.156. The Hall–Kier alpha value is -3.54. The van der Waals surface area contributed by atoms with Crippen molar-refractivity contribution in [2.75, 3.05) is 0 Å². The maximum atomic E-state index is 9.50. The number of furan rings is 1. The van der Waals surface area contributed by atoms with Crippen molar-refractivity contribution in [1.82, 2.24) is 15.1 Å². The Kier molecular flexibility index (Phi) is 4.09. The molecular formula is C20H10N4O2S2. The Bertz CT molecular complexity index is 1300. The summed E-state index contributed by atoms with van der Waals surface area (Å²) in [5, 5.41) is 16.2. The molecule has 0 N–H and O–H groups in total. The molecule has 28 heavy (non-hydrogen) atoms. The molecule has 134 valence electrons. The van der Waals surface area contributed by atoms with Crippen LogP contribution in [0, 0.1) is 11.3 Å². The number of nitrogens with zero attached hydrogens (tertiary/aromatic N) is 4. The molecule has 6 nitrogen and oxygen atoms in total. The highest BCUT2D eigenvalue weighted by Crippen LogP contribution is 2.32. The molecule has 4 heterocycles. The standard InChI is InChI=1S/C20H10N4O2S2/c21-11-12(19-23-18(24-26-19)17-6-3-9-27-17)10-13-7-8-15(25-13)20-22-14-4-1-2-5-16(14)28-20/h1-10H/b12-10+. The molecule has 8 heteroatoms. The number of benzene rings is 1. The van der Waals surface area contributed by atoms with Gasteiger partial charge >= 0.3 is 0 Å². The highest BCUT2D eigenvalue weighted by Gasteiger charge is 2.15. The van der Waals surface area contributed by atoms with E-state index in [9.17, 15) is 5.26 Å². The van der Waals surface area contributed by atoms with Crippen molar-refractivity contribution in [3.8, 4) is 27.5 Å². The zero-order valence-corrected chi connectivity index (χ0v) is 15.8. The molecule has 0 radical (unpaired) electrons. The van der Waals surface area contributed by atoms with Crippen molar-refractivity contribution in [3.05, 3.63) is 65.6 Å². The van der Waals surface area contributed by atoms with Crippen molar-refractivity contribution >= 4 is 44.5 Å². The SMILES string of the molecule is N#C/C(=C\c1ccc(-c2nc3ccccc3s2)o1)c1nc(-c2cccs2)no1. The lowest BCUT2D eigenvalue weighted by Gasteiger charge is -1.90. The van der Waals surface area contributed by atoms with Crippen LogP contribution in [-0.2, 0) is 0 Å². The number of para-hydroxylation sites is 1. The molecule has 0 amide bonds. The Morgan fingerprint density at radius 1 is 1.07 bits per heavy atom. The average Bonchev–Trinajstić information content (AvgIpc) is 3.51. The van der Waals surface area contributed by atoms with Crippen molar-refractivity contribution < 1.29 is 8.94 Å². The Morgan fingerprint density at radius 2 is 2.00 bits per heavy atom. The van der Waals surface area contributed by atoms with Crippen LogP contribution in [0.1, 0.15) is 11.7 Å². The van der Waals surface area contributed by atoms with Gasteiger partial charge in [-0.15, -0.1) is 22.7 Å².